The van der Waals surface area contributed by atoms with E-state index in [9.17, 15) is 22.8 Å². The van der Waals surface area contributed by atoms with Gasteiger partial charge in [-0.05, 0) is 146 Å². The van der Waals surface area contributed by atoms with Crippen LogP contribution in [0.15, 0.2) is 309 Å². The van der Waals surface area contributed by atoms with Crippen molar-refractivity contribution >= 4 is 110 Å². The number of ketones is 2. The van der Waals surface area contributed by atoms with Gasteiger partial charge in [0.25, 0.3) is 0 Å². The number of nitrogens with zero attached hydrogens (tertiary/aromatic N) is 9. The van der Waals surface area contributed by atoms with Gasteiger partial charge in [0, 0.05) is 123 Å². The fourth-order valence-corrected chi connectivity index (χ4v) is 16.0. The van der Waals surface area contributed by atoms with E-state index in [0.29, 0.717) is 0 Å². The van der Waals surface area contributed by atoms with Crippen LogP contribution in [0.4, 0.5) is 13.2 Å². The third-order valence-corrected chi connectivity index (χ3v) is 22.1. The number of aryl methyl sites for hydroxylation is 4. The van der Waals surface area contributed by atoms with Crippen LogP contribution >= 0.6 is 22.7 Å². The van der Waals surface area contributed by atoms with E-state index in [-0.39, 0.29) is 133 Å². The molecule has 22 heteroatoms. The second kappa shape index (κ2) is 54.4. The van der Waals surface area contributed by atoms with Gasteiger partial charge in [-0.15, -0.1) is 170 Å². The Morgan fingerprint density at radius 2 is 0.769 bits per heavy atom. The van der Waals surface area contributed by atoms with Crippen molar-refractivity contribution in [3.05, 3.63) is 389 Å². The zero-order valence-electron chi connectivity index (χ0n) is 73.5. The number of fused-ring (bicyclic) bond motifs is 12. The zero-order valence-corrected chi connectivity index (χ0v) is 84.6. The summed E-state index contributed by atoms with van der Waals surface area (Å²) in [5.74, 6) is -2.79. The smallest absolute Gasteiger partial charge is 0.657 e. The number of aromatic nitrogens is 9. The number of thiophene rings is 2. The molecular weight excluding hydrogens is 2340 g/mol. The largest absolute Gasteiger partial charge is 3.00 e. The van der Waals surface area contributed by atoms with Crippen molar-refractivity contribution in [2.75, 3.05) is 0 Å². The molecule has 10 aromatic heterocycles. The topological polar surface area (TPSA) is 193 Å². The first-order valence-electron chi connectivity index (χ1n) is 41.9. The maximum Gasteiger partial charge on any atom is 3.00 e. The van der Waals surface area contributed by atoms with Crippen molar-refractivity contribution in [1.82, 2.24) is 44.9 Å². The first kappa shape index (κ1) is 107. The Labute approximate surface area is 849 Å². The van der Waals surface area contributed by atoms with Crippen LogP contribution in [0.2, 0.25) is 0 Å². The van der Waals surface area contributed by atoms with E-state index in [1.54, 1.807) is 47.7 Å². The Bertz CT molecular complexity index is 5970. The molecular formula is C108H97EuF3Ir2N9O4PtS2-2. The van der Waals surface area contributed by atoms with Crippen LogP contribution in [-0.2, 0) is 91.8 Å². The molecule has 0 unspecified atom stereocenters. The number of pyridine rings is 5. The molecule has 130 heavy (non-hydrogen) atoms. The summed E-state index contributed by atoms with van der Waals surface area (Å²) in [6, 6.07) is 97.5. The molecule has 0 spiro atoms. The minimum absolute atomic E-state index is 0. The summed E-state index contributed by atoms with van der Waals surface area (Å²) in [7, 11) is 0. The van der Waals surface area contributed by atoms with Crippen molar-refractivity contribution in [3.8, 4) is 44.2 Å². The second-order valence-electron chi connectivity index (χ2n) is 28.5. The van der Waals surface area contributed by atoms with E-state index < -0.39 is 17.7 Å². The van der Waals surface area contributed by atoms with Crippen LogP contribution < -0.4 is 9.97 Å². The normalized spacial score (nSPS) is 11.3. The number of benzene rings is 6. The molecule has 0 saturated heterocycles. The van der Waals surface area contributed by atoms with Gasteiger partial charge >= 0.3 is 47.3 Å². The summed E-state index contributed by atoms with van der Waals surface area (Å²) in [4.78, 5) is 64.7. The fraction of sp³-hybridized carbons (Fsp3) is 0.176. The standard InChI is InChI=1S/C36H44N4.C14H8S.C12H8N2.3C11H8N.C8H5F3O2S.C5H8O2.Eu.2Ir.Pt/c1-9-21-22(10-2)30-18-32-25(13-5)26(14-6)34(39-32)20-36-28(16-8)27(15-7)35(40-36)19-33-24(12-4)23(11-3)31(38-33)17-29(21)37-30;1-2-6-11(7-3-1)14-10-12-8-4-5-9-13(12)15-14;1-3-9-5-6-10-4-2-8-14-12(10)11(9)13-7-1;3*1-2-6-10(7-3-1)11-8-4-5-9-12-11;9-8(10,11)7(13)4-5(12)6-2-1-3-14-6;1-4(6)3-5(2)7;;;;/h17-20H,9-16H2,1-8H3;1-6,8-9H;1-8H;3*1-6,8-9H;1-4,13H;3,6H,1-2H3;;;;/q2*-2;;3*-1;;;;;+3;+2. The average Bonchev–Trinajstić information content (AvgIpc) is 1.67. The van der Waals surface area contributed by atoms with E-state index in [1.807, 2.05) is 164 Å². The molecule has 668 valence electrons. The monoisotopic (exact) mass is 2440 g/mol. The van der Waals surface area contributed by atoms with Gasteiger partial charge < -0.3 is 35.1 Å². The van der Waals surface area contributed by atoms with Gasteiger partial charge in [-0.1, -0.05) is 185 Å². The molecule has 0 atom stereocenters. The minimum atomic E-state index is -4.87. The molecule has 6 aromatic carbocycles. The Morgan fingerprint density at radius 1 is 0.415 bits per heavy atom. The molecule has 2 N–H and O–H groups in total. The van der Waals surface area contributed by atoms with Crippen molar-refractivity contribution in [2.24, 2.45) is 0 Å². The Hall–Kier alpha value is -10.4. The quantitative estimate of drug-likeness (QED) is 0.0324. The molecule has 0 saturated carbocycles. The number of halogens is 3. The number of hydrogen-bond donors (Lipinski definition) is 2. The van der Waals surface area contributed by atoms with Gasteiger partial charge in [0.05, 0.1) is 44.4 Å². The summed E-state index contributed by atoms with van der Waals surface area (Å²) < 4.78 is 36.6. The predicted octanol–water partition coefficient (Wildman–Crippen LogP) is 27.8. The summed E-state index contributed by atoms with van der Waals surface area (Å²) >= 11 is 2.77. The van der Waals surface area contributed by atoms with Gasteiger partial charge in [0.2, 0.25) is 5.76 Å². The average molecular weight is 2440 g/mol. The maximum atomic E-state index is 11.8. The first-order chi connectivity index (χ1) is 61.3. The van der Waals surface area contributed by atoms with Crippen molar-refractivity contribution in [3.63, 3.8) is 0 Å². The summed E-state index contributed by atoms with van der Waals surface area (Å²) in [5.41, 5.74) is 28.3. The molecule has 13 nitrogen and oxygen atoms in total. The maximum absolute atomic E-state index is 11.8. The van der Waals surface area contributed by atoms with Crippen LogP contribution in [0.1, 0.15) is 150 Å². The van der Waals surface area contributed by atoms with E-state index >= 15 is 0 Å². The Kier molecular flexibility index (Phi) is 44.7. The molecule has 2 radical (unpaired) electrons. The van der Waals surface area contributed by atoms with Crippen molar-refractivity contribution in [1.29, 1.82) is 0 Å². The van der Waals surface area contributed by atoms with Gasteiger partial charge in [-0.25, -0.2) is 15.5 Å². The van der Waals surface area contributed by atoms with Gasteiger partial charge in [-0.3, -0.25) is 30.9 Å². The van der Waals surface area contributed by atoms with Crippen molar-refractivity contribution < 1.29 is 144 Å². The Morgan fingerprint density at radius 3 is 1.06 bits per heavy atom. The number of aliphatic hydroxyl groups excluding tert-OH is 2. The van der Waals surface area contributed by atoms with E-state index in [2.05, 4.69) is 183 Å². The number of aliphatic hydroxyl groups is 2. The first-order valence-corrected chi connectivity index (χ1v) is 43.6. The molecule has 16 aromatic rings. The van der Waals surface area contributed by atoms with Crippen LogP contribution in [0.5, 0.6) is 0 Å². The Balaban J connectivity index is 0.000000217. The van der Waals surface area contributed by atoms with Gasteiger partial charge in [0.1, 0.15) is 0 Å². The SMILES string of the molecule is CC(=O)C=C(C)O.CCC1=C(CC)c2cc3[n-]c(cc4nc(cc5[n-]c(cc1n2)c(CC)c5CC)C(CC)=C4CC)c(CC)c3CC.O=C(C=C(O)C(F)(F)F)c1cccs1.[Eu].[Ir+3].[Ir].[Pt+2].[c-]1ccccc1-c1[c-]c2ccccc2s1.[c-]1ccccc1-c1ccccn1.[c-]1ccccc1-c1ccccn1.[c-]1ccccc1-c1ccccn1.c1cnc2c(c1)ccc1cccnc12. The van der Waals surface area contributed by atoms with Gasteiger partial charge in [-0.2, -0.15) is 43.5 Å². The molecule has 0 fully saturated rings. The van der Waals surface area contributed by atoms with Crippen LogP contribution in [0, 0.1) is 79.7 Å². The number of carbonyl (C=O) groups is 2. The van der Waals surface area contributed by atoms with E-state index in [4.69, 9.17) is 30.1 Å². The second-order valence-corrected chi connectivity index (χ2v) is 30.5. The molecule has 18 rings (SSSR count). The number of carbonyl (C=O) groups excluding carboxylic acids is 2. The van der Waals surface area contributed by atoms with E-state index in [1.165, 1.54) is 86.7 Å². The molecule has 2 aliphatic heterocycles. The summed E-state index contributed by atoms with van der Waals surface area (Å²) in [6.07, 6.45) is 13.0. The summed E-state index contributed by atoms with van der Waals surface area (Å²) in [6.45, 7) is 20.8. The molecule has 0 aliphatic carbocycles. The molecule has 2 aliphatic rings. The zero-order chi connectivity index (χ0) is 89.3. The van der Waals surface area contributed by atoms with Crippen LogP contribution in [0.3, 0.4) is 0 Å². The summed E-state index contributed by atoms with van der Waals surface area (Å²) in [5, 5.41) is 21.9. The predicted molar refractivity (Wildman–Crippen MR) is 511 cm³/mol. The van der Waals surface area contributed by atoms with Crippen LogP contribution in [0.25, 0.3) is 120 Å². The minimum Gasteiger partial charge on any atom is -0.657 e. The fourth-order valence-electron chi connectivity index (χ4n) is 14.4. The third-order valence-electron chi connectivity index (χ3n) is 20.1. The molecule has 0 amide bonds. The van der Waals surface area contributed by atoms with Crippen LogP contribution in [-0.4, -0.2) is 62.8 Å². The number of alkyl halides is 3. The number of allylic oxidation sites excluding steroid dienone is 8. The van der Waals surface area contributed by atoms with Crippen molar-refractivity contribution in [2.45, 2.75) is 127 Å². The third kappa shape index (κ3) is 29.6. The number of hydrogen-bond acceptors (Lipinski definition) is 13. The van der Waals surface area contributed by atoms with Gasteiger partial charge in [0.15, 0.2) is 11.6 Å². The van der Waals surface area contributed by atoms with E-state index in [0.717, 1.165) is 174 Å². The molecule has 8 bridgehead atoms. The number of rotatable bonds is 15. The molecule has 12 heterocycles.